The predicted molar refractivity (Wildman–Crippen MR) is 56.4 cm³/mol. The standard InChI is InChI=1S/C11H22O3/c1-5-7-11(8-6-2,10(12)13)14-9(3)4/h9H,5-8H2,1-4H3,(H,12,13). The average Bonchev–Trinajstić information content (AvgIpc) is 2.03. The van der Waals surface area contributed by atoms with Crippen LogP contribution in [-0.2, 0) is 9.53 Å². The Morgan fingerprint density at radius 3 is 1.93 bits per heavy atom. The van der Waals surface area contributed by atoms with Crippen LogP contribution in [0.15, 0.2) is 0 Å². The van der Waals surface area contributed by atoms with Gasteiger partial charge in [-0.1, -0.05) is 26.7 Å². The number of rotatable bonds is 7. The first-order valence-electron chi connectivity index (χ1n) is 5.39. The zero-order valence-corrected chi connectivity index (χ0v) is 9.67. The van der Waals surface area contributed by atoms with Gasteiger partial charge in [0.25, 0.3) is 0 Å². The highest BCUT2D eigenvalue weighted by Gasteiger charge is 2.38. The minimum absolute atomic E-state index is 0.0378. The summed E-state index contributed by atoms with van der Waals surface area (Å²) >= 11 is 0. The van der Waals surface area contributed by atoms with Crippen LogP contribution in [0.2, 0.25) is 0 Å². The van der Waals surface area contributed by atoms with E-state index in [4.69, 9.17) is 4.74 Å². The predicted octanol–water partition coefficient (Wildman–Crippen LogP) is 2.84. The molecule has 0 amide bonds. The Kier molecular flexibility index (Phi) is 5.77. The molecule has 84 valence electrons. The van der Waals surface area contributed by atoms with Crippen LogP contribution in [0.4, 0.5) is 0 Å². The van der Waals surface area contributed by atoms with Crippen LogP contribution in [0.1, 0.15) is 53.4 Å². The molecular formula is C11H22O3. The van der Waals surface area contributed by atoms with Gasteiger partial charge in [0.1, 0.15) is 0 Å². The summed E-state index contributed by atoms with van der Waals surface area (Å²) in [7, 11) is 0. The minimum Gasteiger partial charge on any atom is -0.479 e. The van der Waals surface area contributed by atoms with Gasteiger partial charge in [-0.15, -0.1) is 0 Å². The van der Waals surface area contributed by atoms with Gasteiger partial charge >= 0.3 is 5.97 Å². The summed E-state index contributed by atoms with van der Waals surface area (Å²) in [5.41, 5.74) is -0.961. The Bertz CT molecular complexity index is 169. The smallest absolute Gasteiger partial charge is 0.335 e. The van der Waals surface area contributed by atoms with E-state index in [1.807, 2.05) is 27.7 Å². The number of carboxylic acids is 1. The Balaban J connectivity index is 4.64. The third-order valence-electron chi connectivity index (χ3n) is 2.16. The largest absolute Gasteiger partial charge is 0.479 e. The molecular weight excluding hydrogens is 180 g/mol. The van der Waals surface area contributed by atoms with Gasteiger partial charge < -0.3 is 9.84 Å². The van der Waals surface area contributed by atoms with E-state index in [1.165, 1.54) is 0 Å². The molecule has 0 atom stereocenters. The lowest BCUT2D eigenvalue weighted by Gasteiger charge is -2.31. The van der Waals surface area contributed by atoms with Crippen LogP contribution in [0.5, 0.6) is 0 Å². The van der Waals surface area contributed by atoms with Crippen molar-refractivity contribution in [3.63, 3.8) is 0 Å². The van der Waals surface area contributed by atoms with Gasteiger partial charge in [-0.25, -0.2) is 4.79 Å². The monoisotopic (exact) mass is 202 g/mol. The molecule has 1 N–H and O–H groups in total. The molecule has 0 aromatic heterocycles. The molecule has 0 aliphatic carbocycles. The van der Waals surface area contributed by atoms with E-state index in [-0.39, 0.29) is 6.10 Å². The van der Waals surface area contributed by atoms with Gasteiger partial charge in [0.15, 0.2) is 5.60 Å². The Morgan fingerprint density at radius 2 is 1.71 bits per heavy atom. The van der Waals surface area contributed by atoms with Gasteiger partial charge in [0.05, 0.1) is 6.10 Å². The number of ether oxygens (including phenoxy) is 1. The maximum Gasteiger partial charge on any atom is 0.335 e. The molecule has 0 saturated heterocycles. The molecule has 0 aliphatic heterocycles. The highest BCUT2D eigenvalue weighted by molar-refractivity contribution is 5.77. The zero-order chi connectivity index (χ0) is 11.2. The number of carboxylic acid groups (broad SMARTS) is 1. The van der Waals surface area contributed by atoms with Crippen molar-refractivity contribution in [1.29, 1.82) is 0 Å². The first-order valence-corrected chi connectivity index (χ1v) is 5.39. The van der Waals surface area contributed by atoms with E-state index in [1.54, 1.807) is 0 Å². The van der Waals surface area contributed by atoms with E-state index < -0.39 is 11.6 Å². The minimum atomic E-state index is -0.961. The average molecular weight is 202 g/mol. The molecule has 3 nitrogen and oxygen atoms in total. The fourth-order valence-electron chi connectivity index (χ4n) is 1.77. The lowest BCUT2D eigenvalue weighted by atomic mass is 9.92. The molecule has 0 aliphatic rings. The summed E-state index contributed by atoms with van der Waals surface area (Å²) in [6, 6.07) is 0. The van der Waals surface area contributed by atoms with E-state index >= 15 is 0 Å². The van der Waals surface area contributed by atoms with Crippen molar-refractivity contribution in [2.45, 2.75) is 65.1 Å². The quantitative estimate of drug-likeness (QED) is 0.690. The summed E-state index contributed by atoms with van der Waals surface area (Å²) < 4.78 is 5.58. The second-order valence-electron chi connectivity index (χ2n) is 3.97. The van der Waals surface area contributed by atoms with Crippen molar-refractivity contribution in [2.75, 3.05) is 0 Å². The molecule has 0 fully saturated rings. The fraction of sp³-hybridized carbons (Fsp3) is 0.909. The first kappa shape index (κ1) is 13.4. The third kappa shape index (κ3) is 3.66. The van der Waals surface area contributed by atoms with Crippen molar-refractivity contribution in [1.82, 2.24) is 0 Å². The maximum atomic E-state index is 11.2. The van der Waals surface area contributed by atoms with Gasteiger partial charge in [0, 0.05) is 0 Å². The number of aliphatic carboxylic acids is 1. The van der Waals surface area contributed by atoms with Crippen molar-refractivity contribution < 1.29 is 14.6 Å². The second kappa shape index (κ2) is 6.02. The zero-order valence-electron chi connectivity index (χ0n) is 9.67. The molecule has 0 heterocycles. The molecule has 3 heteroatoms. The van der Waals surface area contributed by atoms with Crippen molar-refractivity contribution >= 4 is 5.97 Å². The van der Waals surface area contributed by atoms with Gasteiger partial charge in [0.2, 0.25) is 0 Å². The van der Waals surface area contributed by atoms with Crippen LogP contribution in [0, 0.1) is 0 Å². The van der Waals surface area contributed by atoms with Gasteiger partial charge in [-0.05, 0) is 26.7 Å². The maximum absolute atomic E-state index is 11.2. The lowest BCUT2D eigenvalue weighted by molar-refractivity contribution is -0.174. The number of hydrogen-bond acceptors (Lipinski definition) is 2. The highest BCUT2D eigenvalue weighted by atomic mass is 16.5. The number of hydrogen-bond donors (Lipinski definition) is 1. The van der Waals surface area contributed by atoms with Crippen molar-refractivity contribution in [2.24, 2.45) is 0 Å². The third-order valence-corrected chi connectivity index (χ3v) is 2.16. The molecule has 0 aromatic rings. The van der Waals surface area contributed by atoms with Crippen LogP contribution >= 0.6 is 0 Å². The molecule has 0 radical (unpaired) electrons. The Morgan fingerprint density at radius 1 is 1.29 bits per heavy atom. The summed E-state index contributed by atoms with van der Waals surface area (Å²) in [4.78, 5) is 11.2. The van der Waals surface area contributed by atoms with Crippen LogP contribution < -0.4 is 0 Å². The fourth-order valence-corrected chi connectivity index (χ4v) is 1.77. The molecule has 0 saturated carbocycles. The molecule has 0 aromatic carbocycles. The lowest BCUT2D eigenvalue weighted by Crippen LogP contribution is -2.43. The summed E-state index contributed by atoms with van der Waals surface area (Å²) in [6.07, 6.45) is 2.81. The normalized spacial score (nSPS) is 12.1. The van der Waals surface area contributed by atoms with E-state index in [0.717, 1.165) is 12.8 Å². The van der Waals surface area contributed by atoms with E-state index in [0.29, 0.717) is 12.8 Å². The first-order chi connectivity index (χ1) is 6.48. The van der Waals surface area contributed by atoms with Crippen molar-refractivity contribution in [3.05, 3.63) is 0 Å². The highest BCUT2D eigenvalue weighted by Crippen LogP contribution is 2.26. The van der Waals surface area contributed by atoms with E-state index in [2.05, 4.69) is 0 Å². The molecule has 0 spiro atoms. The van der Waals surface area contributed by atoms with E-state index in [9.17, 15) is 9.90 Å². The topological polar surface area (TPSA) is 46.5 Å². The second-order valence-corrected chi connectivity index (χ2v) is 3.97. The van der Waals surface area contributed by atoms with Crippen LogP contribution in [0.3, 0.4) is 0 Å². The molecule has 0 unspecified atom stereocenters. The summed E-state index contributed by atoms with van der Waals surface area (Å²) in [5.74, 6) is -0.824. The van der Waals surface area contributed by atoms with Crippen molar-refractivity contribution in [3.8, 4) is 0 Å². The van der Waals surface area contributed by atoms with Crippen LogP contribution in [0.25, 0.3) is 0 Å². The molecule has 14 heavy (non-hydrogen) atoms. The van der Waals surface area contributed by atoms with Gasteiger partial charge in [-0.3, -0.25) is 0 Å². The number of carbonyl (C=O) groups is 1. The van der Waals surface area contributed by atoms with Crippen LogP contribution in [-0.4, -0.2) is 22.8 Å². The summed E-state index contributed by atoms with van der Waals surface area (Å²) in [6.45, 7) is 7.72. The Labute approximate surface area is 86.5 Å². The van der Waals surface area contributed by atoms with Gasteiger partial charge in [-0.2, -0.15) is 0 Å². The Hall–Kier alpha value is -0.570. The molecule has 0 rings (SSSR count). The summed E-state index contributed by atoms with van der Waals surface area (Å²) in [5, 5.41) is 9.21. The SMILES string of the molecule is CCCC(CCC)(OC(C)C)C(=O)O. The molecule has 0 bridgehead atoms.